The Morgan fingerprint density at radius 3 is 2.33 bits per heavy atom. The van der Waals surface area contributed by atoms with Crippen molar-refractivity contribution < 1.29 is 14.7 Å². The van der Waals surface area contributed by atoms with Crippen molar-refractivity contribution in [2.45, 2.75) is 12.6 Å². The standard InChI is InChI=1S/C22H22N2O3/c1-24(14-16-7-3-2-4-8-16)22(27)20(15-25)23-21(26)19-12-11-17-9-5-6-10-18(17)13-19/h2-13,20,25H,14-15H2,1H3,(H,23,26)/t20-/m0/s1. The van der Waals surface area contributed by atoms with Gasteiger partial charge in [-0.2, -0.15) is 0 Å². The summed E-state index contributed by atoms with van der Waals surface area (Å²) in [6, 6.07) is 21.7. The number of hydrogen-bond donors (Lipinski definition) is 2. The van der Waals surface area contributed by atoms with E-state index in [-0.39, 0.29) is 11.8 Å². The van der Waals surface area contributed by atoms with Crippen LogP contribution in [0.3, 0.4) is 0 Å². The number of rotatable bonds is 6. The van der Waals surface area contributed by atoms with E-state index in [0.717, 1.165) is 16.3 Å². The Hall–Kier alpha value is -3.18. The predicted octanol–water partition coefficient (Wildman–Crippen LogP) is 2.59. The fourth-order valence-corrected chi connectivity index (χ4v) is 2.96. The van der Waals surface area contributed by atoms with Crippen molar-refractivity contribution in [3.8, 4) is 0 Å². The Kier molecular flexibility index (Phi) is 5.84. The number of benzene rings is 3. The molecule has 0 bridgehead atoms. The largest absolute Gasteiger partial charge is 0.394 e. The molecule has 3 aromatic carbocycles. The lowest BCUT2D eigenvalue weighted by molar-refractivity contribution is -0.133. The van der Waals surface area contributed by atoms with Gasteiger partial charge >= 0.3 is 0 Å². The summed E-state index contributed by atoms with van der Waals surface area (Å²) >= 11 is 0. The molecule has 0 aliphatic heterocycles. The van der Waals surface area contributed by atoms with Gasteiger partial charge in [-0.05, 0) is 28.5 Å². The molecule has 0 saturated carbocycles. The van der Waals surface area contributed by atoms with E-state index in [2.05, 4.69) is 5.32 Å². The van der Waals surface area contributed by atoms with E-state index in [9.17, 15) is 14.7 Å². The van der Waals surface area contributed by atoms with Gasteiger partial charge in [0.05, 0.1) is 6.61 Å². The molecule has 2 amide bonds. The van der Waals surface area contributed by atoms with Gasteiger partial charge in [-0.1, -0.05) is 60.7 Å². The van der Waals surface area contributed by atoms with Gasteiger partial charge in [-0.3, -0.25) is 9.59 Å². The van der Waals surface area contributed by atoms with Gasteiger partial charge < -0.3 is 15.3 Å². The molecule has 138 valence electrons. The predicted molar refractivity (Wildman–Crippen MR) is 105 cm³/mol. The fraction of sp³-hybridized carbons (Fsp3) is 0.182. The third-order valence-corrected chi connectivity index (χ3v) is 4.44. The van der Waals surface area contributed by atoms with Crippen molar-refractivity contribution in [2.24, 2.45) is 0 Å². The molecule has 27 heavy (non-hydrogen) atoms. The summed E-state index contributed by atoms with van der Waals surface area (Å²) in [5.41, 5.74) is 1.43. The molecule has 0 radical (unpaired) electrons. The first-order chi connectivity index (χ1) is 13.1. The van der Waals surface area contributed by atoms with Crippen LogP contribution in [-0.2, 0) is 11.3 Å². The first kappa shape index (κ1) is 18.6. The number of fused-ring (bicyclic) bond motifs is 1. The lowest BCUT2D eigenvalue weighted by atomic mass is 10.1. The van der Waals surface area contributed by atoms with Crippen LogP contribution in [0.25, 0.3) is 10.8 Å². The summed E-state index contributed by atoms with van der Waals surface area (Å²) in [7, 11) is 1.65. The van der Waals surface area contributed by atoms with E-state index in [1.165, 1.54) is 4.90 Å². The fourth-order valence-electron chi connectivity index (χ4n) is 2.96. The zero-order chi connectivity index (χ0) is 19.2. The zero-order valence-electron chi connectivity index (χ0n) is 15.1. The van der Waals surface area contributed by atoms with Gasteiger partial charge in [0.2, 0.25) is 5.91 Å². The van der Waals surface area contributed by atoms with Crippen LogP contribution < -0.4 is 5.32 Å². The number of carbonyl (C=O) groups excluding carboxylic acids is 2. The lowest BCUT2D eigenvalue weighted by Crippen LogP contribution is -2.49. The first-order valence-electron chi connectivity index (χ1n) is 8.78. The number of hydrogen-bond acceptors (Lipinski definition) is 3. The third kappa shape index (κ3) is 4.51. The Morgan fingerprint density at radius 2 is 1.63 bits per heavy atom. The second kappa shape index (κ2) is 8.47. The average molecular weight is 362 g/mol. The first-order valence-corrected chi connectivity index (χ1v) is 8.78. The van der Waals surface area contributed by atoms with Gasteiger partial charge in [0.15, 0.2) is 0 Å². The van der Waals surface area contributed by atoms with Crippen molar-refractivity contribution in [1.29, 1.82) is 0 Å². The molecule has 0 saturated heterocycles. The van der Waals surface area contributed by atoms with Crippen LogP contribution in [0.2, 0.25) is 0 Å². The van der Waals surface area contributed by atoms with E-state index < -0.39 is 12.6 Å². The van der Waals surface area contributed by atoms with Crippen molar-refractivity contribution in [3.63, 3.8) is 0 Å². The van der Waals surface area contributed by atoms with Crippen LogP contribution in [-0.4, -0.2) is 41.5 Å². The SMILES string of the molecule is CN(Cc1ccccc1)C(=O)[C@H](CO)NC(=O)c1ccc2ccccc2c1. The maximum absolute atomic E-state index is 12.6. The van der Waals surface area contributed by atoms with E-state index in [4.69, 9.17) is 0 Å². The number of amides is 2. The molecule has 5 nitrogen and oxygen atoms in total. The highest BCUT2D eigenvalue weighted by Gasteiger charge is 2.24. The van der Waals surface area contributed by atoms with Crippen LogP contribution in [0.1, 0.15) is 15.9 Å². The lowest BCUT2D eigenvalue weighted by Gasteiger charge is -2.23. The van der Waals surface area contributed by atoms with Crippen molar-refractivity contribution >= 4 is 22.6 Å². The molecule has 0 unspecified atom stereocenters. The van der Waals surface area contributed by atoms with Crippen LogP contribution in [0.4, 0.5) is 0 Å². The number of nitrogens with one attached hydrogen (secondary N) is 1. The molecule has 0 aliphatic carbocycles. The smallest absolute Gasteiger partial charge is 0.252 e. The van der Waals surface area contributed by atoms with Crippen LogP contribution >= 0.6 is 0 Å². The summed E-state index contributed by atoms with van der Waals surface area (Å²) < 4.78 is 0. The van der Waals surface area contributed by atoms with Crippen molar-refractivity contribution in [1.82, 2.24) is 10.2 Å². The third-order valence-electron chi connectivity index (χ3n) is 4.44. The van der Waals surface area contributed by atoms with Gasteiger partial charge in [-0.25, -0.2) is 0 Å². The molecular formula is C22H22N2O3. The van der Waals surface area contributed by atoms with E-state index in [0.29, 0.717) is 12.1 Å². The zero-order valence-corrected chi connectivity index (χ0v) is 15.1. The highest BCUT2D eigenvalue weighted by atomic mass is 16.3. The van der Waals surface area contributed by atoms with E-state index in [1.54, 1.807) is 19.2 Å². The average Bonchev–Trinajstić information content (AvgIpc) is 2.71. The summed E-state index contributed by atoms with van der Waals surface area (Å²) in [6.07, 6.45) is 0. The van der Waals surface area contributed by atoms with Crippen LogP contribution in [0, 0.1) is 0 Å². The molecule has 3 rings (SSSR count). The molecule has 1 atom stereocenters. The van der Waals surface area contributed by atoms with Crippen molar-refractivity contribution in [3.05, 3.63) is 83.9 Å². The summed E-state index contributed by atoms with van der Waals surface area (Å²) in [5, 5.41) is 14.2. The molecule has 0 fully saturated rings. The minimum absolute atomic E-state index is 0.338. The maximum Gasteiger partial charge on any atom is 0.252 e. The molecule has 5 heteroatoms. The minimum atomic E-state index is -0.988. The quantitative estimate of drug-likeness (QED) is 0.708. The van der Waals surface area contributed by atoms with Crippen LogP contribution in [0.5, 0.6) is 0 Å². The molecule has 2 N–H and O–H groups in total. The van der Waals surface area contributed by atoms with Gasteiger partial charge in [0.1, 0.15) is 6.04 Å². The normalized spacial score (nSPS) is 11.8. The van der Waals surface area contributed by atoms with Gasteiger partial charge in [-0.15, -0.1) is 0 Å². The Bertz CT molecular complexity index is 940. The number of likely N-dealkylation sites (N-methyl/N-ethyl adjacent to an activating group) is 1. The number of aliphatic hydroxyl groups is 1. The Morgan fingerprint density at radius 1 is 0.963 bits per heavy atom. The van der Waals surface area contributed by atoms with Gasteiger partial charge in [0, 0.05) is 19.2 Å². The van der Waals surface area contributed by atoms with E-state index in [1.807, 2.05) is 60.7 Å². The Balaban J connectivity index is 1.69. The summed E-state index contributed by atoms with van der Waals surface area (Å²) in [5.74, 6) is -0.725. The molecule has 0 aliphatic rings. The second-order valence-electron chi connectivity index (χ2n) is 6.45. The number of aliphatic hydroxyl groups excluding tert-OH is 1. The summed E-state index contributed by atoms with van der Waals surface area (Å²) in [4.78, 5) is 26.7. The maximum atomic E-state index is 12.6. The minimum Gasteiger partial charge on any atom is -0.394 e. The molecule has 0 spiro atoms. The highest BCUT2D eigenvalue weighted by molar-refractivity contribution is 6.00. The number of carbonyl (C=O) groups is 2. The topological polar surface area (TPSA) is 69.6 Å². The number of nitrogens with zero attached hydrogens (tertiary/aromatic N) is 1. The Labute approximate surface area is 158 Å². The van der Waals surface area contributed by atoms with E-state index >= 15 is 0 Å². The highest BCUT2D eigenvalue weighted by Crippen LogP contribution is 2.15. The van der Waals surface area contributed by atoms with Crippen molar-refractivity contribution in [2.75, 3.05) is 13.7 Å². The molecular weight excluding hydrogens is 340 g/mol. The second-order valence-corrected chi connectivity index (χ2v) is 6.45. The molecule has 3 aromatic rings. The monoisotopic (exact) mass is 362 g/mol. The molecule has 0 heterocycles. The summed E-state index contributed by atoms with van der Waals surface area (Å²) in [6.45, 7) is -0.0562. The molecule has 0 aromatic heterocycles. The van der Waals surface area contributed by atoms with Gasteiger partial charge in [0.25, 0.3) is 5.91 Å². The van der Waals surface area contributed by atoms with Crippen LogP contribution in [0.15, 0.2) is 72.8 Å².